The summed E-state index contributed by atoms with van der Waals surface area (Å²) in [5, 5.41) is 1.21. The first-order valence-electron chi connectivity index (χ1n) is 5.17. The summed E-state index contributed by atoms with van der Waals surface area (Å²) in [7, 11) is 2.72. The van der Waals surface area contributed by atoms with Crippen LogP contribution in [0.2, 0.25) is 0 Å². The van der Waals surface area contributed by atoms with E-state index in [1.807, 2.05) is 12.1 Å². The van der Waals surface area contributed by atoms with E-state index in [4.69, 9.17) is 5.73 Å². The van der Waals surface area contributed by atoms with Crippen LogP contribution in [-0.2, 0) is 0 Å². The van der Waals surface area contributed by atoms with Gasteiger partial charge in [-0.1, -0.05) is 6.07 Å². The van der Waals surface area contributed by atoms with Gasteiger partial charge in [0, 0.05) is 13.1 Å². The Morgan fingerprint density at radius 2 is 1.86 bits per heavy atom. The quantitative estimate of drug-likeness (QED) is 0.563. The highest BCUT2D eigenvalue weighted by Crippen LogP contribution is 2.25. The van der Waals surface area contributed by atoms with E-state index >= 15 is 0 Å². The van der Waals surface area contributed by atoms with Gasteiger partial charge in [-0.05, 0) is 36.7 Å². The fourth-order valence-corrected chi connectivity index (χ4v) is 2.22. The summed E-state index contributed by atoms with van der Waals surface area (Å²) in [5.41, 5.74) is 8.08. The van der Waals surface area contributed by atoms with Crippen LogP contribution in [0.15, 0.2) is 18.2 Å². The van der Waals surface area contributed by atoms with E-state index in [1.165, 1.54) is 30.3 Å². The fourth-order valence-electron chi connectivity index (χ4n) is 1.97. The monoisotopic (exact) mass is 208 g/mol. The zero-order valence-corrected chi connectivity index (χ0v) is 9.52. The summed E-state index contributed by atoms with van der Waals surface area (Å²) in [6.45, 7) is 2.30. The van der Waals surface area contributed by atoms with E-state index in [0.29, 0.717) is 0 Å². The van der Waals surface area contributed by atoms with Crippen molar-refractivity contribution in [2.45, 2.75) is 19.3 Å². The number of nitrogens with two attached hydrogens (primary N) is 1. The Balaban J connectivity index is 2.24. The molecule has 2 N–H and O–H groups in total. The lowest BCUT2D eigenvalue weighted by molar-refractivity contribution is 0.578. The molecule has 1 saturated heterocycles. The molecule has 0 bridgehead atoms. The van der Waals surface area contributed by atoms with Crippen LogP contribution in [0.3, 0.4) is 0 Å². The van der Waals surface area contributed by atoms with Crippen molar-refractivity contribution in [2.24, 2.45) is 0 Å². The van der Waals surface area contributed by atoms with Crippen molar-refractivity contribution in [3.05, 3.63) is 18.2 Å². The van der Waals surface area contributed by atoms with Crippen molar-refractivity contribution in [1.82, 2.24) is 0 Å². The van der Waals surface area contributed by atoms with Gasteiger partial charge in [0.25, 0.3) is 0 Å². The number of hydrogen-bond acceptors (Lipinski definition) is 2. The minimum atomic E-state index is 0.901. The van der Waals surface area contributed by atoms with E-state index in [2.05, 4.69) is 20.2 Å². The van der Waals surface area contributed by atoms with Crippen molar-refractivity contribution >= 4 is 25.9 Å². The molecular formula is C11H17N2P. The molecule has 0 aliphatic carbocycles. The predicted octanol–water partition coefficient (Wildman–Crippen LogP) is 1.76. The van der Waals surface area contributed by atoms with E-state index in [1.54, 1.807) is 0 Å². The summed E-state index contributed by atoms with van der Waals surface area (Å²) in [6.07, 6.45) is 3.94. The number of rotatable bonds is 1. The van der Waals surface area contributed by atoms with Crippen molar-refractivity contribution in [2.75, 3.05) is 23.7 Å². The first kappa shape index (κ1) is 9.79. The maximum atomic E-state index is 5.97. The third kappa shape index (κ3) is 2.01. The molecule has 2 rings (SSSR count). The maximum Gasteiger partial charge on any atom is 0.0606 e. The van der Waals surface area contributed by atoms with Gasteiger partial charge >= 0.3 is 0 Å². The maximum absolute atomic E-state index is 5.97. The van der Waals surface area contributed by atoms with E-state index in [9.17, 15) is 0 Å². The molecular weight excluding hydrogens is 191 g/mol. The molecule has 0 spiro atoms. The standard InChI is InChI=1S/C11H17N2P/c12-10-5-4-9(14)8-11(10)13-6-2-1-3-7-13/h4-5,8H,1-3,6-7,12,14H2. The zero-order valence-electron chi connectivity index (χ0n) is 8.37. The summed E-state index contributed by atoms with van der Waals surface area (Å²) in [6, 6.07) is 6.19. The molecule has 1 aliphatic rings. The van der Waals surface area contributed by atoms with E-state index in [-0.39, 0.29) is 0 Å². The molecule has 1 atom stereocenters. The SMILES string of the molecule is Nc1ccc(P)cc1N1CCCCC1. The Morgan fingerprint density at radius 1 is 1.14 bits per heavy atom. The molecule has 1 aromatic rings. The van der Waals surface area contributed by atoms with Gasteiger partial charge in [-0.15, -0.1) is 9.24 Å². The van der Waals surface area contributed by atoms with Crippen LogP contribution in [0.4, 0.5) is 11.4 Å². The predicted molar refractivity (Wildman–Crippen MR) is 66.3 cm³/mol. The van der Waals surface area contributed by atoms with Gasteiger partial charge in [-0.2, -0.15) is 0 Å². The summed E-state index contributed by atoms with van der Waals surface area (Å²) < 4.78 is 0. The Kier molecular flexibility index (Phi) is 2.93. The van der Waals surface area contributed by atoms with Crippen LogP contribution in [0, 0.1) is 0 Å². The molecule has 0 amide bonds. The number of benzene rings is 1. The zero-order chi connectivity index (χ0) is 9.97. The molecule has 1 heterocycles. The van der Waals surface area contributed by atoms with Gasteiger partial charge < -0.3 is 10.6 Å². The largest absolute Gasteiger partial charge is 0.397 e. The minimum Gasteiger partial charge on any atom is -0.397 e. The Labute approximate surface area is 87.7 Å². The van der Waals surface area contributed by atoms with Crippen LogP contribution < -0.4 is 15.9 Å². The number of nitrogen functional groups attached to an aromatic ring is 1. The smallest absolute Gasteiger partial charge is 0.0606 e. The molecule has 0 aromatic heterocycles. The average Bonchev–Trinajstić information content (AvgIpc) is 2.23. The highest BCUT2D eigenvalue weighted by atomic mass is 31.0. The highest BCUT2D eigenvalue weighted by Gasteiger charge is 2.12. The van der Waals surface area contributed by atoms with E-state index in [0.717, 1.165) is 18.8 Å². The third-order valence-electron chi connectivity index (χ3n) is 2.75. The fraction of sp³-hybridized carbons (Fsp3) is 0.455. The van der Waals surface area contributed by atoms with Crippen LogP contribution in [0.5, 0.6) is 0 Å². The Hall–Kier alpha value is -0.750. The molecule has 3 heteroatoms. The van der Waals surface area contributed by atoms with Gasteiger partial charge in [-0.25, -0.2) is 0 Å². The normalized spacial score (nSPS) is 17.1. The van der Waals surface area contributed by atoms with Crippen LogP contribution in [0.1, 0.15) is 19.3 Å². The van der Waals surface area contributed by atoms with Crippen LogP contribution in [-0.4, -0.2) is 13.1 Å². The van der Waals surface area contributed by atoms with Crippen molar-refractivity contribution in [1.29, 1.82) is 0 Å². The summed E-state index contributed by atoms with van der Waals surface area (Å²) in [5.74, 6) is 0. The second-order valence-electron chi connectivity index (χ2n) is 3.87. The molecule has 0 radical (unpaired) electrons. The van der Waals surface area contributed by atoms with Gasteiger partial charge in [0.05, 0.1) is 11.4 Å². The molecule has 76 valence electrons. The summed E-state index contributed by atoms with van der Waals surface area (Å²) >= 11 is 0. The van der Waals surface area contributed by atoms with Gasteiger partial charge in [0.15, 0.2) is 0 Å². The number of nitrogens with zero attached hydrogens (tertiary/aromatic N) is 1. The lowest BCUT2D eigenvalue weighted by Gasteiger charge is -2.30. The Morgan fingerprint density at radius 3 is 2.57 bits per heavy atom. The molecule has 1 aromatic carbocycles. The molecule has 2 nitrogen and oxygen atoms in total. The van der Waals surface area contributed by atoms with Crippen molar-refractivity contribution in [3.63, 3.8) is 0 Å². The highest BCUT2D eigenvalue weighted by molar-refractivity contribution is 7.27. The third-order valence-corrected chi connectivity index (χ3v) is 3.11. The van der Waals surface area contributed by atoms with Crippen molar-refractivity contribution in [3.8, 4) is 0 Å². The first-order valence-corrected chi connectivity index (χ1v) is 5.75. The van der Waals surface area contributed by atoms with E-state index < -0.39 is 0 Å². The Bertz CT molecular complexity index is 319. The first-order chi connectivity index (χ1) is 6.77. The lowest BCUT2D eigenvalue weighted by atomic mass is 10.1. The lowest BCUT2D eigenvalue weighted by Crippen LogP contribution is -2.30. The molecule has 0 saturated carbocycles. The number of anilines is 2. The average molecular weight is 208 g/mol. The van der Waals surface area contributed by atoms with Crippen molar-refractivity contribution < 1.29 is 0 Å². The topological polar surface area (TPSA) is 29.3 Å². The molecule has 1 aliphatic heterocycles. The molecule has 14 heavy (non-hydrogen) atoms. The minimum absolute atomic E-state index is 0.901. The van der Waals surface area contributed by atoms with Gasteiger partial charge in [-0.3, -0.25) is 0 Å². The van der Waals surface area contributed by atoms with Gasteiger partial charge in [0.1, 0.15) is 0 Å². The second-order valence-corrected chi connectivity index (χ2v) is 4.53. The van der Waals surface area contributed by atoms with Gasteiger partial charge in [0.2, 0.25) is 0 Å². The summed E-state index contributed by atoms with van der Waals surface area (Å²) in [4.78, 5) is 2.40. The van der Waals surface area contributed by atoms with Crippen LogP contribution >= 0.6 is 9.24 Å². The molecule has 1 fully saturated rings. The number of hydrogen-bond donors (Lipinski definition) is 1. The molecule has 1 unspecified atom stereocenters. The number of piperidine rings is 1. The second kappa shape index (κ2) is 4.18. The van der Waals surface area contributed by atoms with Crippen LogP contribution in [0.25, 0.3) is 0 Å².